The molecule has 0 spiro atoms. The summed E-state index contributed by atoms with van der Waals surface area (Å²) in [6.07, 6.45) is 1.76. The highest BCUT2D eigenvalue weighted by molar-refractivity contribution is 6.05. The highest BCUT2D eigenvalue weighted by Gasteiger charge is 2.39. The number of carbonyl (C=O) groups excluding carboxylic acids is 3. The quantitative estimate of drug-likeness (QED) is 0.398. The Hall–Kier alpha value is -1.32. The van der Waals surface area contributed by atoms with Gasteiger partial charge in [0.1, 0.15) is 23.9 Å². The van der Waals surface area contributed by atoms with E-state index in [0.717, 1.165) is 0 Å². The SMILES string of the molecule is COC(=O)[C+](C)CC1C(=O)CCCC1=O. The van der Waals surface area contributed by atoms with E-state index in [0.29, 0.717) is 25.2 Å². The first kappa shape index (κ1) is 11.8. The molecular weight excluding hydrogens is 196 g/mol. The molecular formula is C11H15O4+. The summed E-state index contributed by atoms with van der Waals surface area (Å²) in [5.41, 5.74) is 0. The second-order valence-corrected chi connectivity index (χ2v) is 3.81. The van der Waals surface area contributed by atoms with Crippen LogP contribution in [0.2, 0.25) is 0 Å². The van der Waals surface area contributed by atoms with Gasteiger partial charge in [0.15, 0.2) is 0 Å². The maximum Gasteiger partial charge on any atom is 0.498 e. The van der Waals surface area contributed by atoms with Gasteiger partial charge < -0.3 is 4.74 Å². The van der Waals surface area contributed by atoms with Crippen molar-refractivity contribution in [2.75, 3.05) is 7.11 Å². The molecule has 0 aliphatic heterocycles. The van der Waals surface area contributed by atoms with Crippen molar-refractivity contribution in [3.05, 3.63) is 5.92 Å². The number of hydrogen-bond donors (Lipinski definition) is 0. The number of methoxy groups -OCH3 is 1. The van der Waals surface area contributed by atoms with Gasteiger partial charge in [0.25, 0.3) is 0 Å². The van der Waals surface area contributed by atoms with E-state index in [1.807, 2.05) is 0 Å². The van der Waals surface area contributed by atoms with Crippen molar-refractivity contribution in [2.45, 2.75) is 32.6 Å². The van der Waals surface area contributed by atoms with Crippen LogP contribution in [0.15, 0.2) is 0 Å². The monoisotopic (exact) mass is 211 g/mol. The van der Waals surface area contributed by atoms with Gasteiger partial charge in [0, 0.05) is 12.8 Å². The minimum Gasteiger partial charge on any atom is -0.433 e. The molecule has 0 amide bonds. The molecule has 0 saturated heterocycles. The summed E-state index contributed by atoms with van der Waals surface area (Å²) >= 11 is 0. The lowest BCUT2D eigenvalue weighted by molar-refractivity contribution is -0.139. The highest BCUT2D eigenvalue weighted by Crippen LogP contribution is 2.25. The Labute approximate surface area is 89.0 Å². The van der Waals surface area contributed by atoms with Crippen LogP contribution in [0.1, 0.15) is 32.6 Å². The fourth-order valence-corrected chi connectivity index (χ4v) is 1.76. The summed E-state index contributed by atoms with van der Waals surface area (Å²) in [7, 11) is 1.29. The number of hydrogen-bond acceptors (Lipinski definition) is 4. The summed E-state index contributed by atoms with van der Waals surface area (Å²) < 4.78 is 4.53. The predicted molar refractivity (Wildman–Crippen MR) is 52.9 cm³/mol. The van der Waals surface area contributed by atoms with Crippen molar-refractivity contribution in [1.29, 1.82) is 0 Å². The third-order valence-electron chi connectivity index (χ3n) is 2.67. The van der Waals surface area contributed by atoms with Gasteiger partial charge in [-0.3, -0.25) is 9.59 Å². The van der Waals surface area contributed by atoms with Gasteiger partial charge in [-0.15, -0.1) is 0 Å². The fourth-order valence-electron chi connectivity index (χ4n) is 1.76. The standard InChI is InChI=1S/C11H15O4/c1-7(11(14)15-2)6-8-9(12)4-3-5-10(8)13/h8H,3-6H2,1-2H3/q+1. The molecule has 1 saturated carbocycles. The number of rotatable bonds is 3. The van der Waals surface area contributed by atoms with Crippen molar-refractivity contribution < 1.29 is 19.1 Å². The summed E-state index contributed by atoms with van der Waals surface area (Å²) in [4.78, 5) is 34.0. The highest BCUT2D eigenvalue weighted by atomic mass is 16.5. The van der Waals surface area contributed by atoms with Crippen LogP contribution in [-0.2, 0) is 19.1 Å². The molecule has 1 aliphatic rings. The first-order valence-electron chi connectivity index (χ1n) is 5.02. The Morgan fingerprint density at radius 3 is 2.40 bits per heavy atom. The lowest BCUT2D eigenvalue weighted by Gasteiger charge is -2.16. The van der Waals surface area contributed by atoms with Gasteiger partial charge in [-0.05, 0) is 6.42 Å². The molecule has 1 rings (SSSR count). The smallest absolute Gasteiger partial charge is 0.433 e. The maximum atomic E-state index is 11.5. The van der Waals surface area contributed by atoms with Gasteiger partial charge in [0.2, 0.25) is 5.92 Å². The van der Waals surface area contributed by atoms with Gasteiger partial charge in [-0.1, -0.05) is 0 Å². The van der Waals surface area contributed by atoms with E-state index < -0.39 is 11.9 Å². The van der Waals surface area contributed by atoms with E-state index in [4.69, 9.17) is 0 Å². The zero-order valence-corrected chi connectivity index (χ0v) is 9.04. The van der Waals surface area contributed by atoms with Crippen LogP contribution in [-0.4, -0.2) is 24.6 Å². The molecule has 4 nitrogen and oxygen atoms in total. The van der Waals surface area contributed by atoms with Crippen LogP contribution in [0.4, 0.5) is 0 Å². The van der Waals surface area contributed by atoms with Crippen LogP contribution < -0.4 is 0 Å². The van der Waals surface area contributed by atoms with Crippen molar-refractivity contribution in [3.63, 3.8) is 0 Å². The zero-order chi connectivity index (χ0) is 11.4. The molecule has 1 fully saturated rings. The Morgan fingerprint density at radius 2 is 1.93 bits per heavy atom. The van der Waals surface area contributed by atoms with E-state index in [2.05, 4.69) is 4.74 Å². The van der Waals surface area contributed by atoms with Gasteiger partial charge in [-0.2, -0.15) is 4.79 Å². The van der Waals surface area contributed by atoms with Crippen LogP contribution in [0.3, 0.4) is 0 Å². The van der Waals surface area contributed by atoms with Crippen LogP contribution in [0, 0.1) is 11.8 Å². The number of ether oxygens (including phenoxy) is 1. The number of Topliss-reactive ketones (excluding diaryl/α,β-unsaturated/α-hetero) is 2. The first-order chi connectivity index (χ1) is 7.06. The lowest BCUT2D eigenvalue weighted by Crippen LogP contribution is -2.31. The Bertz CT molecular complexity index is 266. The number of carbonyl (C=O) groups is 3. The third-order valence-corrected chi connectivity index (χ3v) is 2.67. The molecule has 0 N–H and O–H groups in total. The molecule has 0 unspecified atom stereocenters. The van der Waals surface area contributed by atoms with Crippen molar-refractivity contribution in [2.24, 2.45) is 5.92 Å². The number of ketones is 2. The maximum absolute atomic E-state index is 11.5. The molecule has 0 aromatic carbocycles. The number of esters is 1. The molecule has 0 bridgehead atoms. The van der Waals surface area contributed by atoms with Crippen LogP contribution in [0.5, 0.6) is 0 Å². The molecule has 82 valence electrons. The fraction of sp³-hybridized carbons (Fsp3) is 0.636. The van der Waals surface area contributed by atoms with Crippen LogP contribution >= 0.6 is 0 Å². The molecule has 1 aliphatic carbocycles. The van der Waals surface area contributed by atoms with Crippen molar-refractivity contribution in [1.82, 2.24) is 0 Å². The summed E-state index contributed by atoms with van der Waals surface area (Å²) in [5.74, 6) is -0.714. The molecule has 4 heteroatoms. The van der Waals surface area contributed by atoms with Gasteiger partial charge >= 0.3 is 5.97 Å². The Morgan fingerprint density at radius 1 is 1.40 bits per heavy atom. The van der Waals surface area contributed by atoms with E-state index >= 15 is 0 Å². The summed E-state index contributed by atoms with van der Waals surface area (Å²) in [5, 5.41) is 0. The molecule has 0 radical (unpaired) electrons. The Balaban J connectivity index is 2.58. The second kappa shape index (κ2) is 4.96. The molecule has 0 aromatic rings. The largest absolute Gasteiger partial charge is 0.498 e. The first-order valence-corrected chi connectivity index (χ1v) is 5.02. The van der Waals surface area contributed by atoms with Crippen molar-refractivity contribution >= 4 is 17.5 Å². The molecule has 0 heterocycles. The predicted octanol–water partition coefficient (Wildman–Crippen LogP) is 1.08. The van der Waals surface area contributed by atoms with E-state index in [1.165, 1.54) is 7.11 Å². The molecule has 0 aromatic heterocycles. The average molecular weight is 211 g/mol. The third kappa shape index (κ3) is 2.81. The van der Waals surface area contributed by atoms with E-state index in [9.17, 15) is 14.4 Å². The van der Waals surface area contributed by atoms with E-state index in [-0.39, 0.29) is 18.0 Å². The molecule has 0 atom stereocenters. The molecule has 15 heavy (non-hydrogen) atoms. The lowest BCUT2D eigenvalue weighted by atomic mass is 9.81. The van der Waals surface area contributed by atoms with E-state index in [1.54, 1.807) is 6.92 Å². The zero-order valence-electron chi connectivity index (χ0n) is 9.04. The van der Waals surface area contributed by atoms with Gasteiger partial charge in [-0.25, -0.2) is 0 Å². The second-order valence-electron chi connectivity index (χ2n) is 3.81. The average Bonchev–Trinajstić information content (AvgIpc) is 2.22. The normalized spacial score (nSPS) is 17.7. The van der Waals surface area contributed by atoms with Crippen LogP contribution in [0.25, 0.3) is 0 Å². The topological polar surface area (TPSA) is 60.4 Å². The van der Waals surface area contributed by atoms with Crippen molar-refractivity contribution in [3.8, 4) is 0 Å². The summed E-state index contributed by atoms with van der Waals surface area (Å²) in [6.45, 7) is 1.60. The summed E-state index contributed by atoms with van der Waals surface area (Å²) in [6, 6.07) is 0. The minimum atomic E-state index is -0.613. The van der Waals surface area contributed by atoms with Gasteiger partial charge in [0.05, 0.1) is 14.0 Å². The minimum absolute atomic E-state index is 0.0468. The Kier molecular flexibility index (Phi) is 3.88.